The summed E-state index contributed by atoms with van der Waals surface area (Å²) in [6.07, 6.45) is 0.0286. The largest absolute Gasteiger partial charge is 0.495 e. The van der Waals surface area contributed by atoms with Crippen LogP contribution in [0.1, 0.15) is 16.8 Å². The lowest BCUT2D eigenvalue weighted by Gasteiger charge is -2.17. The Balaban J connectivity index is 1.75. The second kappa shape index (κ2) is 7.90. The average Bonchev–Trinajstić information content (AvgIpc) is 2.95. The van der Waals surface area contributed by atoms with Gasteiger partial charge in [0, 0.05) is 25.3 Å². The van der Waals surface area contributed by atoms with Crippen LogP contribution in [0.4, 0.5) is 11.4 Å². The van der Waals surface area contributed by atoms with Crippen molar-refractivity contribution in [3.8, 4) is 5.75 Å². The van der Waals surface area contributed by atoms with E-state index >= 15 is 0 Å². The molecule has 1 aliphatic heterocycles. The summed E-state index contributed by atoms with van der Waals surface area (Å²) in [6.45, 7) is 0. The number of ether oxygens (including phenoxy) is 1. The van der Waals surface area contributed by atoms with Crippen LogP contribution in [0, 0.1) is 0 Å². The third-order valence-corrected chi connectivity index (χ3v) is 4.71. The molecule has 7 nitrogen and oxygen atoms in total. The Morgan fingerprint density at radius 2 is 1.86 bits per heavy atom. The third-order valence-electron chi connectivity index (χ3n) is 4.42. The molecule has 1 heterocycles. The number of carbonyl (C=O) groups is 3. The summed E-state index contributed by atoms with van der Waals surface area (Å²) in [7, 11) is 4.85. The molecule has 0 unspecified atom stereocenters. The van der Waals surface area contributed by atoms with E-state index in [1.54, 1.807) is 50.5 Å². The van der Waals surface area contributed by atoms with Gasteiger partial charge in [-0.15, -0.1) is 0 Å². The van der Waals surface area contributed by atoms with Crippen molar-refractivity contribution in [2.24, 2.45) is 0 Å². The zero-order valence-electron chi connectivity index (χ0n) is 15.7. The van der Waals surface area contributed by atoms with Crippen molar-refractivity contribution in [1.82, 2.24) is 4.90 Å². The van der Waals surface area contributed by atoms with Crippen molar-refractivity contribution in [2.75, 3.05) is 31.4 Å². The van der Waals surface area contributed by atoms with Crippen molar-refractivity contribution < 1.29 is 19.1 Å². The molecule has 0 saturated carbocycles. The number of carbonyl (C=O) groups excluding carboxylic acids is 3. The van der Waals surface area contributed by atoms with Gasteiger partial charge in [-0.25, -0.2) is 4.90 Å². The molecule has 0 aromatic heterocycles. The molecule has 1 saturated heterocycles. The first kappa shape index (κ1) is 19.7. The minimum atomic E-state index is -0.691. The highest BCUT2D eigenvalue weighted by molar-refractivity contribution is 6.33. The van der Waals surface area contributed by atoms with Crippen LogP contribution in [-0.4, -0.2) is 49.9 Å². The lowest BCUT2D eigenvalue weighted by atomic mass is 10.1. The van der Waals surface area contributed by atoms with Gasteiger partial charge in [-0.3, -0.25) is 14.4 Å². The topological polar surface area (TPSA) is 79.0 Å². The quantitative estimate of drug-likeness (QED) is 0.779. The summed E-state index contributed by atoms with van der Waals surface area (Å²) >= 11 is 6.11. The van der Waals surface area contributed by atoms with Crippen LogP contribution in [0.3, 0.4) is 0 Å². The second-order valence-electron chi connectivity index (χ2n) is 6.56. The van der Waals surface area contributed by atoms with Gasteiger partial charge in [0.25, 0.3) is 11.8 Å². The fourth-order valence-corrected chi connectivity index (χ4v) is 3.23. The van der Waals surface area contributed by atoms with Crippen LogP contribution in [0.25, 0.3) is 0 Å². The first-order valence-electron chi connectivity index (χ1n) is 8.60. The highest BCUT2D eigenvalue weighted by Gasteiger charge is 2.39. The Labute approximate surface area is 167 Å². The predicted molar refractivity (Wildman–Crippen MR) is 107 cm³/mol. The molecule has 0 aliphatic carbocycles. The molecule has 2 aromatic carbocycles. The van der Waals surface area contributed by atoms with Gasteiger partial charge >= 0.3 is 0 Å². The molecule has 8 heteroatoms. The number of anilines is 2. The molecule has 1 fully saturated rings. The van der Waals surface area contributed by atoms with E-state index in [9.17, 15) is 14.4 Å². The van der Waals surface area contributed by atoms with Crippen LogP contribution in [0.15, 0.2) is 42.5 Å². The predicted octanol–water partition coefficient (Wildman–Crippen LogP) is 2.79. The van der Waals surface area contributed by atoms with E-state index in [2.05, 4.69) is 5.32 Å². The summed E-state index contributed by atoms with van der Waals surface area (Å²) < 4.78 is 5.10. The van der Waals surface area contributed by atoms with Gasteiger partial charge in [-0.05, 0) is 42.5 Å². The number of nitrogens with zero attached hydrogens (tertiary/aromatic N) is 2. The molecule has 1 N–H and O–H groups in total. The molecule has 3 rings (SSSR count). The number of hydrogen-bond acceptors (Lipinski definition) is 5. The number of imide groups is 1. The molecule has 146 valence electrons. The van der Waals surface area contributed by atoms with Gasteiger partial charge in [0.1, 0.15) is 11.8 Å². The van der Waals surface area contributed by atoms with E-state index in [-0.39, 0.29) is 24.1 Å². The monoisotopic (exact) mass is 401 g/mol. The lowest BCUT2D eigenvalue weighted by Crippen LogP contribution is -2.34. The summed E-state index contributed by atoms with van der Waals surface area (Å²) in [4.78, 5) is 39.7. The summed E-state index contributed by atoms with van der Waals surface area (Å²) in [5, 5.41) is 3.38. The fourth-order valence-electron chi connectivity index (χ4n) is 2.98. The number of hydrogen-bond donors (Lipinski definition) is 1. The molecule has 0 bridgehead atoms. The van der Waals surface area contributed by atoms with Gasteiger partial charge in [0.05, 0.1) is 24.2 Å². The smallest absolute Gasteiger partial charge is 0.256 e. The summed E-state index contributed by atoms with van der Waals surface area (Å²) in [6, 6.07) is 10.8. The number of nitrogens with one attached hydrogen (secondary N) is 1. The summed E-state index contributed by atoms with van der Waals surface area (Å²) in [5.74, 6) is -0.324. The zero-order chi connectivity index (χ0) is 20.4. The highest BCUT2D eigenvalue weighted by atomic mass is 35.5. The van der Waals surface area contributed by atoms with E-state index in [1.165, 1.54) is 18.1 Å². The Bertz CT molecular complexity index is 928. The lowest BCUT2D eigenvalue weighted by molar-refractivity contribution is -0.121. The molecule has 0 spiro atoms. The van der Waals surface area contributed by atoms with E-state index < -0.39 is 6.04 Å². The van der Waals surface area contributed by atoms with Gasteiger partial charge in [0.15, 0.2) is 0 Å². The first-order chi connectivity index (χ1) is 13.3. The molecule has 0 radical (unpaired) electrons. The van der Waals surface area contributed by atoms with Crippen molar-refractivity contribution in [3.05, 3.63) is 53.1 Å². The number of benzene rings is 2. The number of rotatable bonds is 5. The molecule has 28 heavy (non-hydrogen) atoms. The summed E-state index contributed by atoms with van der Waals surface area (Å²) in [5.41, 5.74) is 1.59. The minimum absolute atomic E-state index is 0.0286. The maximum absolute atomic E-state index is 12.8. The van der Waals surface area contributed by atoms with Crippen molar-refractivity contribution in [3.63, 3.8) is 0 Å². The number of halogens is 1. The van der Waals surface area contributed by atoms with E-state index in [4.69, 9.17) is 16.3 Å². The Morgan fingerprint density at radius 1 is 1.18 bits per heavy atom. The minimum Gasteiger partial charge on any atom is -0.495 e. The van der Waals surface area contributed by atoms with Crippen molar-refractivity contribution in [2.45, 2.75) is 12.5 Å². The van der Waals surface area contributed by atoms with Crippen LogP contribution < -0.4 is 15.0 Å². The molecular weight excluding hydrogens is 382 g/mol. The molecule has 1 aliphatic rings. The van der Waals surface area contributed by atoms with Crippen LogP contribution in [-0.2, 0) is 9.59 Å². The van der Waals surface area contributed by atoms with Gasteiger partial charge in [-0.1, -0.05) is 11.6 Å². The average molecular weight is 402 g/mol. The van der Waals surface area contributed by atoms with Gasteiger partial charge in [-0.2, -0.15) is 0 Å². The third kappa shape index (κ3) is 3.80. The standard InChI is InChI=1S/C20H20ClN3O4/c1-23(2)19(26)12-4-6-13(7-5-12)22-16-11-18(25)24(20(16)27)14-8-9-17(28-3)15(21)10-14/h4-10,16,22H,11H2,1-3H3/t16-/m0/s1. The molecular formula is C20H20ClN3O4. The number of amides is 3. The van der Waals surface area contributed by atoms with Crippen molar-refractivity contribution in [1.29, 1.82) is 0 Å². The maximum Gasteiger partial charge on any atom is 0.256 e. The maximum atomic E-state index is 12.8. The molecule has 3 amide bonds. The van der Waals surface area contributed by atoms with Gasteiger partial charge in [0.2, 0.25) is 5.91 Å². The van der Waals surface area contributed by atoms with Gasteiger partial charge < -0.3 is 15.0 Å². The Kier molecular flexibility index (Phi) is 5.56. The zero-order valence-corrected chi connectivity index (χ0v) is 16.5. The first-order valence-corrected chi connectivity index (χ1v) is 8.98. The van der Waals surface area contributed by atoms with Crippen LogP contribution in [0.5, 0.6) is 5.75 Å². The van der Waals surface area contributed by atoms with E-state index in [1.807, 2.05) is 0 Å². The highest BCUT2D eigenvalue weighted by Crippen LogP contribution is 2.32. The fraction of sp³-hybridized carbons (Fsp3) is 0.250. The second-order valence-corrected chi connectivity index (χ2v) is 6.97. The van der Waals surface area contributed by atoms with E-state index in [0.29, 0.717) is 27.7 Å². The van der Waals surface area contributed by atoms with Crippen LogP contribution in [0.2, 0.25) is 5.02 Å². The molecule has 2 aromatic rings. The van der Waals surface area contributed by atoms with E-state index in [0.717, 1.165) is 4.90 Å². The Hall–Kier alpha value is -3.06. The normalized spacial score (nSPS) is 16.3. The number of methoxy groups -OCH3 is 1. The van der Waals surface area contributed by atoms with Crippen molar-refractivity contribution >= 4 is 40.7 Å². The molecule has 1 atom stereocenters. The Morgan fingerprint density at radius 3 is 2.43 bits per heavy atom. The SMILES string of the molecule is COc1ccc(N2C(=O)C[C@H](Nc3ccc(C(=O)N(C)C)cc3)C2=O)cc1Cl. The van der Waals surface area contributed by atoms with Crippen LogP contribution >= 0.6 is 11.6 Å².